The zero-order valence-corrected chi connectivity index (χ0v) is 9.75. The Morgan fingerprint density at radius 1 is 1.38 bits per heavy atom. The first-order chi connectivity index (χ1) is 7.69. The number of ketones is 1. The van der Waals surface area contributed by atoms with Crippen molar-refractivity contribution in [3.8, 4) is 5.75 Å². The molecule has 0 aliphatic heterocycles. The highest BCUT2D eigenvalue weighted by atomic mass is 19.1. The Morgan fingerprint density at radius 2 is 2.12 bits per heavy atom. The minimum Gasteiger partial charge on any atom is -0.494 e. The van der Waals surface area contributed by atoms with Crippen molar-refractivity contribution in [1.82, 2.24) is 0 Å². The van der Waals surface area contributed by atoms with E-state index in [1.807, 2.05) is 13.8 Å². The van der Waals surface area contributed by atoms with E-state index < -0.39 is 5.82 Å². The van der Waals surface area contributed by atoms with E-state index in [4.69, 9.17) is 4.74 Å². The van der Waals surface area contributed by atoms with Crippen molar-refractivity contribution in [2.75, 3.05) is 6.61 Å². The van der Waals surface area contributed by atoms with Gasteiger partial charge in [-0.25, -0.2) is 4.39 Å². The highest BCUT2D eigenvalue weighted by molar-refractivity contribution is 5.96. The van der Waals surface area contributed by atoms with Crippen molar-refractivity contribution >= 4 is 5.78 Å². The molecular weight excluding hydrogens is 207 g/mol. The molecule has 0 fully saturated rings. The lowest BCUT2D eigenvalue weighted by atomic mass is 10.0. The van der Waals surface area contributed by atoms with Crippen LogP contribution in [0.1, 0.15) is 43.5 Å². The number of halogens is 1. The topological polar surface area (TPSA) is 26.3 Å². The van der Waals surface area contributed by atoms with Crippen molar-refractivity contribution in [2.24, 2.45) is 0 Å². The molecule has 88 valence electrons. The molecular formula is C13H17FO2. The van der Waals surface area contributed by atoms with Gasteiger partial charge in [0.1, 0.15) is 11.6 Å². The van der Waals surface area contributed by atoms with Crippen LogP contribution in [0.5, 0.6) is 5.75 Å². The Labute approximate surface area is 95.4 Å². The number of hydrogen-bond donors (Lipinski definition) is 0. The average Bonchev–Trinajstić information content (AvgIpc) is 2.29. The zero-order valence-electron chi connectivity index (χ0n) is 9.75. The predicted octanol–water partition coefficient (Wildman–Crippen LogP) is 3.60. The van der Waals surface area contributed by atoms with E-state index in [0.717, 1.165) is 12.8 Å². The van der Waals surface area contributed by atoms with Crippen LogP contribution in [0.25, 0.3) is 0 Å². The first-order valence-corrected chi connectivity index (χ1v) is 5.64. The first-order valence-electron chi connectivity index (χ1n) is 5.64. The van der Waals surface area contributed by atoms with Gasteiger partial charge in [0.2, 0.25) is 0 Å². The highest BCUT2D eigenvalue weighted by Crippen LogP contribution is 2.19. The van der Waals surface area contributed by atoms with Gasteiger partial charge in [0.15, 0.2) is 5.78 Å². The van der Waals surface area contributed by atoms with Crippen molar-refractivity contribution in [1.29, 1.82) is 0 Å². The summed E-state index contributed by atoms with van der Waals surface area (Å²) < 4.78 is 18.6. The first kappa shape index (κ1) is 12.7. The summed E-state index contributed by atoms with van der Waals surface area (Å²) in [5.41, 5.74) is 0.138. The van der Waals surface area contributed by atoms with Crippen LogP contribution in [0.2, 0.25) is 0 Å². The Bertz CT molecular complexity index is 361. The van der Waals surface area contributed by atoms with E-state index >= 15 is 0 Å². The molecule has 0 heterocycles. The molecule has 0 unspecified atom stereocenters. The van der Waals surface area contributed by atoms with Gasteiger partial charge < -0.3 is 4.74 Å². The van der Waals surface area contributed by atoms with Crippen LogP contribution in [0.3, 0.4) is 0 Å². The van der Waals surface area contributed by atoms with Gasteiger partial charge in [-0.1, -0.05) is 13.3 Å². The third kappa shape index (κ3) is 3.33. The standard InChI is InChI=1S/C13H17FO2/c1-3-5-6-13(15)11-9-10(16-4-2)7-8-12(11)14/h7-9H,3-6H2,1-2H3. The molecule has 0 N–H and O–H groups in total. The Kier molecular flexibility index (Phi) is 4.96. The summed E-state index contributed by atoms with van der Waals surface area (Å²) in [6.45, 7) is 4.36. The van der Waals surface area contributed by atoms with E-state index in [1.54, 1.807) is 0 Å². The lowest BCUT2D eigenvalue weighted by molar-refractivity contribution is 0.0975. The summed E-state index contributed by atoms with van der Waals surface area (Å²) >= 11 is 0. The number of benzene rings is 1. The molecule has 0 aliphatic carbocycles. The molecule has 16 heavy (non-hydrogen) atoms. The zero-order chi connectivity index (χ0) is 12.0. The van der Waals surface area contributed by atoms with Gasteiger partial charge >= 0.3 is 0 Å². The molecule has 0 saturated carbocycles. The molecule has 0 radical (unpaired) electrons. The molecule has 3 heteroatoms. The van der Waals surface area contributed by atoms with Gasteiger partial charge in [-0.15, -0.1) is 0 Å². The molecule has 0 amide bonds. The van der Waals surface area contributed by atoms with Crippen LogP contribution < -0.4 is 4.74 Å². The second kappa shape index (κ2) is 6.26. The number of Topliss-reactive ketones (excluding diaryl/α,β-unsaturated/α-hetero) is 1. The predicted molar refractivity (Wildman–Crippen MR) is 61.4 cm³/mol. The average molecular weight is 224 g/mol. The maximum Gasteiger partial charge on any atom is 0.165 e. The van der Waals surface area contributed by atoms with E-state index in [1.165, 1.54) is 18.2 Å². The van der Waals surface area contributed by atoms with Gasteiger partial charge in [-0.3, -0.25) is 4.79 Å². The molecule has 0 spiro atoms. The number of carbonyl (C=O) groups is 1. The second-order valence-electron chi connectivity index (χ2n) is 3.60. The van der Waals surface area contributed by atoms with Crippen molar-refractivity contribution in [3.63, 3.8) is 0 Å². The summed E-state index contributed by atoms with van der Waals surface area (Å²) in [4.78, 5) is 11.7. The monoisotopic (exact) mass is 224 g/mol. The lowest BCUT2D eigenvalue weighted by Gasteiger charge is -2.06. The molecule has 0 bridgehead atoms. The van der Waals surface area contributed by atoms with Crippen LogP contribution in [-0.4, -0.2) is 12.4 Å². The van der Waals surface area contributed by atoms with Crippen LogP contribution in [0.15, 0.2) is 18.2 Å². The van der Waals surface area contributed by atoms with Crippen LogP contribution in [-0.2, 0) is 0 Å². The molecule has 0 aromatic heterocycles. The van der Waals surface area contributed by atoms with E-state index in [-0.39, 0.29) is 11.3 Å². The maximum absolute atomic E-state index is 13.4. The smallest absolute Gasteiger partial charge is 0.165 e. The van der Waals surface area contributed by atoms with Gasteiger partial charge in [-0.05, 0) is 31.5 Å². The lowest BCUT2D eigenvalue weighted by Crippen LogP contribution is -2.03. The van der Waals surface area contributed by atoms with Crippen LogP contribution >= 0.6 is 0 Å². The summed E-state index contributed by atoms with van der Waals surface area (Å²) in [5, 5.41) is 0. The fourth-order valence-electron chi connectivity index (χ4n) is 1.45. The summed E-state index contributed by atoms with van der Waals surface area (Å²) in [7, 11) is 0. The molecule has 1 rings (SSSR count). The molecule has 0 aliphatic rings. The SMILES string of the molecule is CCCCC(=O)c1cc(OCC)ccc1F. The number of carbonyl (C=O) groups excluding carboxylic acids is 1. The van der Waals surface area contributed by atoms with Gasteiger partial charge in [-0.2, -0.15) is 0 Å². The van der Waals surface area contributed by atoms with Crippen LogP contribution in [0.4, 0.5) is 4.39 Å². The third-order valence-corrected chi connectivity index (χ3v) is 2.31. The second-order valence-corrected chi connectivity index (χ2v) is 3.60. The Hall–Kier alpha value is -1.38. The number of unbranched alkanes of at least 4 members (excludes halogenated alkanes) is 1. The summed E-state index contributed by atoms with van der Waals surface area (Å²) in [6.07, 6.45) is 2.11. The normalized spacial score (nSPS) is 10.2. The van der Waals surface area contributed by atoms with Crippen LogP contribution in [0, 0.1) is 5.82 Å². The third-order valence-electron chi connectivity index (χ3n) is 2.31. The highest BCUT2D eigenvalue weighted by Gasteiger charge is 2.12. The quantitative estimate of drug-likeness (QED) is 0.690. The molecule has 2 nitrogen and oxygen atoms in total. The summed E-state index contributed by atoms with van der Waals surface area (Å²) in [5.74, 6) is -0.0748. The van der Waals surface area contributed by atoms with E-state index in [9.17, 15) is 9.18 Å². The van der Waals surface area contributed by atoms with Gasteiger partial charge in [0, 0.05) is 6.42 Å². The number of hydrogen-bond acceptors (Lipinski definition) is 2. The Morgan fingerprint density at radius 3 is 2.75 bits per heavy atom. The van der Waals surface area contributed by atoms with E-state index in [2.05, 4.69) is 0 Å². The van der Waals surface area contributed by atoms with Crippen molar-refractivity contribution in [2.45, 2.75) is 33.1 Å². The Balaban J connectivity index is 2.84. The molecule has 0 atom stereocenters. The van der Waals surface area contributed by atoms with E-state index in [0.29, 0.717) is 18.8 Å². The largest absolute Gasteiger partial charge is 0.494 e. The number of rotatable bonds is 6. The fourth-order valence-corrected chi connectivity index (χ4v) is 1.45. The molecule has 1 aromatic rings. The van der Waals surface area contributed by atoms with Gasteiger partial charge in [0.05, 0.1) is 12.2 Å². The molecule has 0 saturated heterocycles. The van der Waals surface area contributed by atoms with Crippen molar-refractivity contribution < 1.29 is 13.9 Å². The summed E-state index contributed by atoms with van der Waals surface area (Å²) in [6, 6.07) is 4.30. The van der Waals surface area contributed by atoms with Crippen molar-refractivity contribution in [3.05, 3.63) is 29.6 Å². The minimum absolute atomic E-state index is 0.138. The fraction of sp³-hybridized carbons (Fsp3) is 0.462. The minimum atomic E-state index is -0.468. The number of ether oxygens (including phenoxy) is 1. The van der Waals surface area contributed by atoms with Gasteiger partial charge in [0.25, 0.3) is 0 Å². The maximum atomic E-state index is 13.4. The molecule has 1 aromatic carbocycles.